The van der Waals surface area contributed by atoms with Gasteiger partial charge in [-0.3, -0.25) is 4.98 Å². The molecule has 5 heteroatoms. The molecule has 0 amide bonds. The SMILES string of the molecule is C[SiH](C)OCn1c(C(C)(C)C)nc2cnccc21. The molecular weight excluding hydrogens is 242 g/mol. The normalized spacial score (nSPS) is 12.6. The quantitative estimate of drug-likeness (QED) is 0.799. The van der Waals surface area contributed by atoms with Gasteiger partial charge >= 0.3 is 0 Å². The van der Waals surface area contributed by atoms with Gasteiger partial charge in [0.2, 0.25) is 0 Å². The monoisotopic (exact) mass is 263 g/mol. The Kier molecular flexibility index (Phi) is 3.54. The van der Waals surface area contributed by atoms with Crippen LogP contribution in [0.25, 0.3) is 11.0 Å². The number of fused-ring (bicyclic) bond motifs is 1. The highest BCUT2D eigenvalue weighted by Crippen LogP contribution is 2.25. The third-order valence-electron chi connectivity index (χ3n) is 2.76. The van der Waals surface area contributed by atoms with Crippen molar-refractivity contribution >= 4 is 20.1 Å². The third-order valence-corrected chi connectivity index (χ3v) is 3.57. The second-order valence-electron chi connectivity index (χ2n) is 5.82. The minimum atomic E-state index is -1.03. The van der Waals surface area contributed by atoms with Gasteiger partial charge in [-0.1, -0.05) is 20.8 Å². The molecule has 4 nitrogen and oxygen atoms in total. The molecule has 0 radical (unpaired) electrons. The van der Waals surface area contributed by atoms with E-state index in [0.29, 0.717) is 6.73 Å². The summed E-state index contributed by atoms with van der Waals surface area (Å²) in [6, 6.07) is 2.00. The Balaban J connectivity index is 2.51. The zero-order chi connectivity index (χ0) is 13.3. The minimum Gasteiger partial charge on any atom is -0.403 e. The number of hydrogen-bond donors (Lipinski definition) is 0. The molecule has 2 aromatic rings. The van der Waals surface area contributed by atoms with Crippen LogP contribution in [0, 0.1) is 0 Å². The van der Waals surface area contributed by atoms with Crippen LogP contribution in [0.1, 0.15) is 26.6 Å². The summed E-state index contributed by atoms with van der Waals surface area (Å²) in [6.07, 6.45) is 3.62. The van der Waals surface area contributed by atoms with E-state index in [1.807, 2.05) is 12.3 Å². The highest BCUT2D eigenvalue weighted by molar-refractivity contribution is 6.48. The molecule has 0 aliphatic carbocycles. The van der Waals surface area contributed by atoms with Crippen molar-refractivity contribution in [1.29, 1.82) is 0 Å². The van der Waals surface area contributed by atoms with Crippen molar-refractivity contribution in [1.82, 2.24) is 14.5 Å². The predicted octanol–water partition coefficient (Wildman–Crippen LogP) is 2.69. The number of imidazole rings is 1. The Bertz CT molecular complexity index is 543. The molecule has 2 rings (SSSR count). The molecule has 0 saturated heterocycles. The lowest BCUT2D eigenvalue weighted by molar-refractivity contribution is 0.235. The van der Waals surface area contributed by atoms with Gasteiger partial charge in [-0.15, -0.1) is 0 Å². The summed E-state index contributed by atoms with van der Waals surface area (Å²) in [5.74, 6) is 1.06. The van der Waals surface area contributed by atoms with Crippen molar-refractivity contribution in [3.05, 3.63) is 24.3 Å². The van der Waals surface area contributed by atoms with Gasteiger partial charge < -0.3 is 8.99 Å². The first-order valence-electron chi connectivity index (χ1n) is 6.32. The van der Waals surface area contributed by atoms with Crippen molar-refractivity contribution in [2.45, 2.75) is 46.0 Å². The summed E-state index contributed by atoms with van der Waals surface area (Å²) in [5, 5.41) is 0. The Morgan fingerprint density at radius 1 is 1.33 bits per heavy atom. The molecule has 0 atom stereocenters. The number of hydrogen-bond acceptors (Lipinski definition) is 3. The van der Waals surface area contributed by atoms with Crippen molar-refractivity contribution < 1.29 is 4.43 Å². The van der Waals surface area contributed by atoms with Gasteiger partial charge in [0.15, 0.2) is 9.04 Å². The predicted molar refractivity (Wildman–Crippen MR) is 76.2 cm³/mol. The van der Waals surface area contributed by atoms with Gasteiger partial charge in [-0.2, -0.15) is 0 Å². The fourth-order valence-electron chi connectivity index (χ4n) is 1.91. The molecule has 98 valence electrons. The molecule has 0 fully saturated rings. The largest absolute Gasteiger partial charge is 0.403 e. The summed E-state index contributed by atoms with van der Waals surface area (Å²) in [7, 11) is -1.03. The van der Waals surface area contributed by atoms with Crippen LogP contribution in [0.5, 0.6) is 0 Å². The molecule has 0 aliphatic heterocycles. The maximum atomic E-state index is 5.87. The minimum absolute atomic E-state index is 0.000908. The van der Waals surface area contributed by atoms with Gasteiger partial charge in [0.25, 0.3) is 0 Å². The van der Waals surface area contributed by atoms with E-state index in [0.717, 1.165) is 16.9 Å². The van der Waals surface area contributed by atoms with Crippen LogP contribution in [0.4, 0.5) is 0 Å². The van der Waals surface area contributed by atoms with Crippen molar-refractivity contribution in [2.75, 3.05) is 0 Å². The molecule has 2 heterocycles. The van der Waals surface area contributed by atoms with E-state index >= 15 is 0 Å². The first-order valence-corrected chi connectivity index (χ1v) is 9.10. The topological polar surface area (TPSA) is 39.9 Å². The summed E-state index contributed by atoms with van der Waals surface area (Å²) in [5.41, 5.74) is 2.04. The second kappa shape index (κ2) is 4.82. The Morgan fingerprint density at radius 2 is 2.06 bits per heavy atom. The zero-order valence-electron chi connectivity index (χ0n) is 11.8. The van der Waals surface area contributed by atoms with Crippen LogP contribution in [0.2, 0.25) is 13.1 Å². The van der Waals surface area contributed by atoms with Crippen LogP contribution in [0.15, 0.2) is 18.5 Å². The molecule has 0 spiro atoms. The Hall–Kier alpha value is -1.20. The van der Waals surface area contributed by atoms with E-state index in [2.05, 4.69) is 43.4 Å². The van der Waals surface area contributed by atoms with Gasteiger partial charge in [0.05, 0.1) is 11.7 Å². The fraction of sp³-hybridized carbons (Fsp3) is 0.538. The second-order valence-corrected chi connectivity index (χ2v) is 8.25. The van der Waals surface area contributed by atoms with E-state index in [1.54, 1.807) is 6.20 Å². The first-order chi connectivity index (χ1) is 8.39. The lowest BCUT2D eigenvalue weighted by Gasteiger charge is -2.20. The molecule has 2 aromatic heterocycles. The number of pyridine rings is 1. The molecule has 0 saturated carbocycles. The molecule has 0 aliphatic rings. The maximum absolute atomic E-state index is 5.87. The molecule has 0 N–H and O–H groups in total. The summed E-state index contributed by atoms with van der Waals surface area (Å²) < 4.78 is 8.04. The highest BCUT2D eigenvalue weighted by Gasteiger charge is 2.22. The van der Waals surface area contributed by atoms with Crippen molar-refractivity contribution in [3.8, 4) is 0 Å². The lowest BCUT2D eigenvalue weighted by Crippen LogP contribution is -2.21. The zero-order valence-corrected chi connectivity index (χ0v) is 12.9. The fourth-order valence-corrected chi connectivity index (χ4v) is 2.36. The Morgan fingerprint density at radius 3 is 2.67 bits per heavy atom. The van der Waals surface area contributed by atoms with Crippen LogP contribution in [-0.4, -0.2) is 23.6 Å². The Labute approximate surface area is 110 Å². The molecule has 18 heavy (non-hydrogen) atoms. The van der Waals surface area contributed by atoms with Gasteiger partial charge in [0, 0.05) is 11.6 Å². The number of rotatable bonds is 3. The van der Waals surface area contributed by atoms with Crippen LogP contribution >= 0.6 is 0 Å². The summed E-state index contributed by atoms with van der Waals surface area (Å²) in [6.45, 7) is 11.5. The van der Waals surface area contributed by atoms with Gasteiger partial charge in [-0.25, -0.2) is 4.98 Å². The molecule has 0 aromatic carbocycles. The molecule has 0 unspecified atom stereocenters. The van der Waals surface area contributed by atoms with Crippen molar-refractivity contribution in [3.63, 3.8) is 0 Å². The van der Waals surface area contributed by atoms with Gasteiger partial charge in [0.1, 0.15) is 18.1 Å². The highest BCUT2D eigenvalue weighted by atomic mass is 28.3. The average Bonchev–Trinajstić information content (AvgIpc) is 2.64. The van der Waals surface area contributed by atoms with Crippen LogP contribution in [-0.2, 0) is 16.6 Å². The van der Waals surface area contributed by atoms with E-state index < -0.39 is 9.04 Å². The lowest BCUT2D eigenvalue weighted by atomic mass is 9.96. The van der Waals surface area contributed by atoms with Crippen molar-refractivity contribution in [2.24, 2.45) is 0 Å². The summed E-state index contributed by atoms with van der Waals surface area (Å²) >= 11 is 0. The first kappa shape index (κ1) is 13.2. The average molecular weight is 263 g/mol. The molecule has 0 bridgehead atoms. The maximum Gasteiger partial charge on any atom is 0.173 e. The van der Waals surface area contributed by atoms with E-state index in [9.17, 15) is 0 Å². The number of aromatic nitrogens is 3. The molecular formula is C13H21N3OSi. The van der Waals surface area contributed by atoms with Crippen LogP contribution in [0.3, 0.4) is 0 Å². The van der Waals surface area contributed by atoms with Crippen LogP contribution < -0.4 is 0 Å². The smallest absolute Gasteiger partial charge is 0.173 e. The summed E-state index contributed by atoms with van der Waals surface area (Å²) in [4.78, 5) is 8.83. The van der Waals surface area contributed by atoms with Gasteiger partial charge in [-0.05, 0) is 19.2 Å². The third kappa shape index (κ3) is 2.62. The van der Waals surface area contributed by atoms with E-state index in [1.165, 1.54) is 0 Å². The standard InChI is InChI=1S/C13H21N3OSi/c1-13(2,3)12-15-10-8-14-7-6-11(10)16(12)9-17-18(4)5/h6-8,18H,9H2,1-5H3. The van der Waals surface area contributed by atoms with E-state index in [4.69, 9.17) is 9.41 Å². The number of nitrogens with zero attached hydrogens (tertiary/aromatic N) is 3. The van der Waals surface area contributed by atoms with E-state index in [-0.39, 0.29) is 5.41 Å².